The zero-order valence-corrected chi connectivity index (χ0v) is 11.6. The molecule has 0 aliphatic rings. The predicted molar refractivity (Wildman–Crippen MR) is 76.0 cm³/mol. The lowest BCUT2D eigenvalue weighted by molar-refractivity contribution is -0.122. The van der Waals surface area contributed by atoms with Crippen LogP contribution in [0.2, 0.25) is 0 Å². The van der Waals surface area contributed by atoms with Gasteiger partial charge in [0.15, 0.2) is 0 Å². The summed E-state index contributed by atoms with van der Waals surface area (Å²) in [5.41, 5.74) is 2.10. The number of imidazole rings is 1. The third kappa shape index (κ3) is 2.93. The van der Waals surface area contributed by atoms with Crippen molar-refractivity contribution in [1.29, 1.82) is 0 Å². The van der Waals surface area contributed by atoms with Gasteiger partial charge in [-0.2, -0.15) is 0 Å². The molecule has 5 nitrogen and oxygen atoms in total. The van der Waals surface area contributed by atoms with Crippen LogP contribution in [-0.2, 0) is 11.3 Å². The zero-order valence-electron chi connectivity index (χ0n) is 11.6. The summed E-state index contributed by atoms with van der Waals surface area (Å²) in [6, 6.07) is 7.87. The molecule has 1 aromatic carbocycles. The summed E-state index contributed by atoms with van der Waals surface area (Å²) < 4.78 is 2.12. The minimum Gasteiger partial charge on any atom is -0.353 e. The molecule has 1 amide bonds. The second kappa shape index (κ2) is 5.84. The Morgan fingerprint density at radius 1 is 1.42 bits per heavy atom. The van der Waals surface area contributed by atoms with E-state index < -0.39 is 0 Å². The molecule has 0 aliphatic carbocycles. The highest BCUT2D eigenvalue weighted by Crippen LogP contribution is 2.14. The highest BCUT2D eigenvalue weighted by Gasteiger charge is 2.10. The normalized spacial score (nSPS) is 12.6. The van der Waals surface area contributed by atoms with Gasteiger partial charge < -0.3 is 15.2 Å². The molecule has 1 atom stereocenters. The second-order valence-electron chi connectivity index (χ2n) is 4.60. The van der Waals surface area contributed by atoms with E-state index in [0.717, 1.165) is 23.4 Å². The minimum absolute atomic E-state index is 0.0181. The molecule has 1 unspecified atom stereocenters. The predicted octanol–water partition coefficient (Wildman–Crippen LogP) is 1.07. The number of likely N-dealkylation sites (N-methyl/N-ethyl adjacent to an activating group) is 1. The zero-order chi connectivity index (χ0) is 13.8. The van der Waals surface area contributed by atoms with E-state index in [4.69, 9.17) is 0 Å². The van der Waals surface area contributed by atoms with Gasteiger partial charge in [-0.1, -0.05) is 12.1 Å². The van der Waals surface area contributed by atoms with Crippen molar-refractivity contribution in [1.82, 2.24) is 20.2 Å². The van der Waals surface area contributed by atoms with Gasteiger partial charge in [-0.3, -0.25) is 4.79 Å². The summed E-state index contributed by atoms with van der Waals surface area (Å²) in [4.78, 5) is 16.2. The molecule has 0 bridgehead atoms. The maximum Gasteiger partial charge on any atom is 0.236 e. The lowest BCUT2D eigenvalue weighted by Gasteiger charge is -2.12. The van der Waals surface area contributed by atoms with Crippen LogP contribution in [0.4, 0.5) is 0 Å². The molecule has 0 saturated heterocycles. The maximum atomic E-state index is 11.7. The summed E-state index contributed by atoms with van der Waals surface area (Å²) in [5.74, 6) is 0.988. The van der Waals surface area contributed by atoms with Crippen LogP contribution in [0, 0.1) is 6.92 Å². The molecule has 0 radical (unpaired) electrons. The van der Waals surface area contributed by atoms with Crippen molar-refractivity contribution in [2.75, 3.05) is 13.6 Å². The van der Waals surface area contributed by atoms with Gasteiger partial charge >= 0.3 is 0 Å². The molecule has 1 aromatic heterocycles. The quantitative estimate of drug-likeness (QED) is 0.845. The van der Waals surface area contributed by atoms with E-state index in [2.05, 4.69) is 20.2 Å². The summed E-state index contributed by atoms with van der Waals surface area (Å²) in [5, 5.41) is 5.83. The molecule has 1 heterocycles. The Balaban J connectivity index is 2.02. The number of nitrogens with zero attached hydrogens (tertiary/aromatic N) is 2. The molecule has 102 valence electrons. The number of para-hydroxylation sites is 2. The van der Waals surface area contributed by atoms with Gasteiger partial charge in [0.2, 0.25) is 5.91 Å². The number of aromatic nitrogens is 2. The smallest absolute Gasteiger partial charge is 0.236 e. The average Bonchev–Trinajstić information content (AvgIpc) is 2.74. The van der Waals surface area contributed by atoms with E-state index in [-0.39, 0.29) is 11.9 Å². The minimum atomic E-state index is -0.166. The van der Waals surface area contributed by atoms with Crippen LogP contribution in [0.3, 0.4) is 0 Å². The van der Waals surface area contributed by atoms with Crippen molar-refractivity contribution >= 4 is 16.9 Å². The van der Waals surface area contributed by atoms with Gasteiger partial charge in [-0.05, 0) is 33.0 Å². The average molecular weight is 260 g/mol. The first-order valence-electron chi connectivity index (χ1n) is 6.50. The number of aryl methyl sites for hydroxylation is 1. The van der Waals surface area contributed by atoms with E-state index in [1.54, 1.807) is 7.05 Å². The highest BCUT2D eigenvalue weighted by atomic mass is 16.2. The Morgan fingerprint density at radius 3 is 2.89 bits per heavy atom. The lowest BCUT2D eigenvalue weighted by atomic mass is 10.3. The maximum absolute atomic E-state index is 11.7. The molecule has 2 aromatic rings. The van der Waals surface area contributed by atoms with Crippen molar-refractivity contribution in [2.24, 2.45) is 0 Å². The van der Waals surface area contributed by atoms with Crippen LogP contribution in [0.5, 0.6) is 0 Å². The number of fused-ring (bicyclic) bond motifs is 1. The van der Waals surface area contributed by atoms with Crippen molar-refractivity contribution in [3.63, 3.8) is 0 Å². The molecule has 0 spiro atoms. The van der Waals surface area contributed by atoms with Gasteiger partial charge in [-0.25, -0.2) is 4.98 Å². The largest absolute Gasteiger partial charge is 0.353 e. The number of hydrogen-bond donors (Lipinski definition) is 2. The Kier molecular flexibility index (Phi) is 4.16. The third-order valence-corrected chi connectivity index (χ3v) is 3.31. The van der Waals surface area contributed by atoms with Crippen LogP contribution in [-0.4, -0.2) is 35.1 Å². The van der Waals surface area contributed by atoms with E-state index in [1.165, 1.54) is 0 Å². The molecular formula is C14H20N4O. The van der Waals surface area contributed by atoms with Crippen molar-refractivity contribution in [2.45, 2.75) is 26.4 Å². The van der Waals surface area contributed by atoms with Crippen molar-refractivity contribution in [3.05, 3.63) is 30.1 Å². The molecule has 5 heteroatoms. The van der Waals surface area contributed by atoms with Gasteiger partial charge in [0.1, 0.15) is 5.82 Å². The van der Waals surface area contributed by atoms with Gasteiger partial charge in [0, 0.05) is 13.1 Å². The van der Waals surface area contributed by atoms with Crippen molar-refractivity contribution < 1.29 is 4.79 Å². The number of amides is 1. The first kappa shape index (κ1) is 13.5. The Bertz CT molecular complexity index is 576. The monoisotopic (exact) mass is 260 g/mol. The second-order valence-corrected chi connectivity index (χ2v) is 4.60. The highest BCUT2D eigenvalue weighted by molar-refractivity contribution is 5.81. The molecule has 0 saturated carbocycles. The summed E-state index contributed by atoms with van der Waals surface area (Å²) in [6.07, 6.45) is 0. The fourth-order valence-electron chi connectivity index (χ4n) is 2.05. The molecular weight excluding hydrogens is 240 g/mol. The van der Waals surface area contributed by atoms with Crippen LogP contribution in [0.25, 0.3) is 11.0 Å². The van der Waals surface area contributed by atoms with E-state index in [1.807, 2.05) is 38.1 Å². The lowest BCUT2D eigenvalue weighted by Crippen LogP contribution is -2.41. The number of carbonyl (C=O) groups excluding carboxylic acids is 1. The number of benzene rings is 1. The van der Waals surface area contributed by atoms with Gasteiger partial charge in [-0.15, -0.1) is 0 Å². The van der Waals surface area contributed by atoms with Crippen molar-refractivity contribution in [3.8, 4) is 0 Å². The first-order chi connectivity index (χ1) is 9.13. The number of hydrogen-bond acceptors (Lipinski definition) is 3. The van der Waals surface area contributed by atoms with Crippen LogP contribution < -0.4 is 10.6 Å². The third-order valence-electron chi connectivity index (χ3n) is 3.31. The van der Waals surface area contributed by atoms with Crippen LogP contribution >= 0.6 is 0 Å². The topological polar surface area (TPSA) is 59.0 Å². The Labute approximate surface area is 113 Å². The SMILES string of the molecule is CNC(C)C(=O)NCCn1c(C)nc2ccccc21. The summed E-state index contributed by atoms with van der Waals surface area (Å²) >= 11 is 0. The number of carbonyl (C=O) groups is 1. The molecule has 2 N–H and O–H groups in total. The Morgan fingerprint density at radius 2 is 2.16 bits per heavy atom. The summed E-state index contributed by atoms with van der Waals surface area (Å²) in [7, 11) is 1.78. The van der Waals surface area contributed by atoms with E-state index in [9.17, 15) is 4.79 Å². The molecule has 0 aliphatic heterocycles. The fraction of sp³-hybridized carbons (Fsp3) is 0.429. The fourth-order valence-corrected chi connectivity index (χ4v) is 2.05. The van der Waals surface area contributed by atoms with Crippen LogP contribution in [0.1, 0.15) is 12.7 Å². The Hall–Kier alpha value is -1.88. The standard InChI is InChI=1S/C14H20N4O/c1-10(15-3)14(19)16-8-9-18-11(2)17-12-6-4-5-7-13(12)18/h4-7,10,15H,8-9H2,1-3H3,(H,16,19). The first-order valence-corrected chi connectivity index (χ1v) is 6.50. The van der Waals surface area contributed by atoms with Gasteiger partial charge in [0.25, 0.3) is 0 Å². The molecule has 0 fully saturated rings. The van der Waals surface area contributed by atoms with Gasteiger partial charge in [0.05, 0.1) is 17.1 Å². The summed E-state index contributed by atoms with van der Waals surface area (Å²) in [6.45, 7) is 5.16. The molecule has 2 rings (SSSR count). The molecule has 19 heavy (non-hydrogen) atoms. The van der Waals surface area contributed by atoms with E-state index >= 15 is 0 Å². The number of nitrogens with one attached hydrogen (secondary N) is 2. The number of rotatable bonds is 5. The van der Waals surface area contributed by atoms with E-state index in [0.29, 0.717) is 6.54 Å². The van der Waals surface area contributed by atoms with Crippen LogP contribution in [0.15, 0.2) is 24.3 Å².